The van der Waals surface area contributed by atoms with E-state index in [0.717, 1.165) is 27.1 Å². The van der Waals surface area contributed by atoms with Crippen LogP contribution < -0.4 is 10.0 Å². The maximum absolute atomic E-state index is 12.2. The molecule has 0 aliphatic carbocycles. The van der Waals surface area contributed by atoms with E-state index in [2.05, 4.69) is 20.2 Å². The van der Waals surface area contributed by atoms with Gasteiger partial charge in [-0.15, -0.1) is 11.3 Å². The molecule has 2 heterocycles. The second kappa shape index (κ2) is 6.11. The van der Waals surface area contributed by atoms with E-state index in [1.807, 2.05) is 24.3 Å². The number of hydrogen-bond donors (Lipinski definition) is 3. The Kier molecular flexibility index (Phi) is 4.16. The largest absolute Gasteiger partial charge is 0.346 e. The molecule has 0 aliphatic rings. The number of aromatic nitrogens is 2. The van der Waals surface area contributed by atoms with Gasteiger partial charge in [-0.05, 0) is 25.2 Å². The van der Waals surface area contributed by atoms with Gasteiger partial charge in [0, 0.05) is 10.3 Å². The molecule has 1 amide bonds. The van der Waals surface area contributed by atoms with Crippen LogP contribution in [-0.4, -0.2) is 31.6 Å². The van der Waals surface area contributed by atoms with Crippen molar-refractivity contribution in [2.24, 2.45) is 0 Å². The number of carbonyl (C=O) groups is 1. The Morgan fingerprint density at radius 3 is 2.83 bits per heavy atom. The number of hydrogen-bond acceptors (Lipinski definition) is 5. The predicted octanol–water partition coefficient (Wildman–Crippen LogP) is 1.46. The van der Waals surface area contributed by atoms with E-state index in [-0.39, 0.29) is 16.7 Å². The number of benzene rings is 1. The van der Waals surface area contributed by atoms with Gasteiger partial charge in [0.15, 0.2) is 5.69 Å². The zero-order valence-electron chi connectivity index (χ0n) is 12.2. The van der Waals surface area contributed by atoms with E-state index < -0.39 is 10.0 Å². The quantitative estimate of drug-likeness (QED) is 0.648. The summed E-state index contributed by atoms with van der Waals surface area (Å²) in [5.74, 6) is -0.311. The minimum atomic E-state index is -3.45. The number of fused-ring (bicyclic) bond motifs is 1. The minimum absolute atomic E-state index is 0.217. The smallest absolute Gasteiger partial charge is 0.272 e. The maximum atomic E-state index is 12.2. The third kappa shape index (κ3) is 3.11. The highest BCUT2D eigenvalue weighted by Gasteiger charge is 2.16. The normalized spacial score (nSPS) is 11.7. The summed E-state index contributed by atoms with van der Waals surface area (Å²) < 4.78 is 25.8. The molecule has 23 heavy (non-hydrogen) atoms. The van der Waals surface area contributed by atoms with Gasteiger partial charge in [0.2, 0.25) is 10.0 Å². The number of aromatic amines is 1. The Bertz CT molecular complexity index is 959. The standard InChI is InChI=1S/C14H14N4O3S2/c1-15-23(20,21)12-7-6-9(22-12)8-16-14(19)13-10-4-2-3-5-11(10)17-18-13/h2-7,15H,8H2,1H3,(H,16,19)(H,17,18). The lowest BCUT2D eigenvalue weighted by Gasteiger charge is -2.01. The lowest BCUT2D eigenvalue weighted by Crippen LogP contribution is -2.22. The van der Waals surface area contributed by atoms with Gasteiger partial charge in [-0.2, -0.15) is 5.10 Å². The molecular formula is C14H14N4O3S2. The van der Waals surface area contributed by atoms with Gasteiger partial charge >= 0.3 is 0 Å². The number of sulfonamides is 1. The average Bonchev–Trinajstić information content (AvgIpc) is 3.20. The van der Waals surface area contributed by atoms with Crippen LogP contribution in [0.4, 0.5) is 0 Å². The summed E-state index contributed by atoms with van der Waals surface area (Å²) in [7, 11) is -2.09. The zero-order chi connectivity index (χ0) is 16.4. The van der Waals surface area contributed by atoms with Crippen molar-refractivity contribution in [2.75, 3.05) is 7.05 Å². The van der Waals surface area contributed by atoms with Crippen molar-refractivity contribution < 1.29 is 13.2 Å². The molecule has 0 saturated carbocycles. The molecule has 7 nitrogen and oxygen atoms in total. The second-order valence-electron chi connectivity index (χ2n) is 4.73. The average molecular weight is 350 g/mol. The van der Waals surface area contributed by atoms with Gasteiger partial charge in [-0.3, -0.25) is 9.89 Å². The summed E-state index contributed by atoms with van der Waals surface area (Å²) >= 11 is 1.11. The minimum Gasteiger partial charge on any atom is -0.346 e. The van der Waals surface area contributed by atoms with E-state index >= 15 is 0 Å². The van der Waals surface area contributed by atoms with Crippen molar-refractivity contribution in [3.63, 3.8) is 0 Å². The van der Waals surface area contributed by atoms with Crippen molar-refractivity contribution >= 4 is 38.2 Å². The molecular weight excluding hydrogens is 336 g/mol. The molecule has 9 heteroatoms. The number of carbonyl (C=O) groups excluding carboxylic acids is 1. The molecule has 3 aromatic rings. The first kappa shape index (κ1) is 15.7. The van der Waals surface area contributed by atoms with Crippen LogP contribution >= 0.6 is 11.3 Å². The van der Waals surface area contributed by atoms with Crippen LogP contribution in [0.25, 0.3) is 10.9 Å². The van der Waals surface area contributed by atoms with Crippen molar-refractivity contribution in [3.05, 3.63) is 47.0 Å². The van der Waals surface area contributed by atoms with Gasteiger partial charge in [-0.1, -0.05) is 18.2 Å². The molecule has 0 aliphatic heterocycles. The fraction of sp³-hybridized carbons (Fsp3) is 0.143. The number of para-hydroxylation sites is 1. The highest BCUT2D eigenvalue weighted by molar-refractivity contribution is 7.91. The van der Waals surface area contributed by atoms with Crippen LogP contribution in [0.2, 0.25) is 0 Å². The first-order chi connectivity index (χ1) is 11.0. The van der Waals surface area contributed by atoms with Crippen LogP contribution in [0.15, 0.2) is 40.6 Å². The Morgan fingerprint density at radius 1 is 1.26 bits per heavy atom. The monoisotopic (exact) mass is 350 g/mol. The lowest BCUT2D eigenvalue weighted by molar-refractivity contribution is 0.0948. The third-order valence-corrected chi connectivity index (χ3v) is 6.27. The summed E-state index contributed by atoms with van der Waals surface area (Å²) in [5, 5.41) is 10.3. The van der Waals surface area contributed by atoms with Gasteiger partial charge in [-0.25, -0.2) is 13.1 Å². The SMILES string of the molecule is CNS(=O)(=O)c1ccc(CNC(=O)c2n[nH]c3ccccc23)s1. The molecule has 0 atom stereocenters. The summed E-state index contributed by atoms with van der Waals surface area (Å²) in [5.41, 5.74) is 1.11. The molecule has 0 radical (unpaired) electrons. The van der Waals surface area contributed by atoms with Crippen LogP contribution in [0.5, 0.6) is 0 Å². The summed E-state index contributed by atoms with van der Waals surface area (Å²) in [4.78, 5) is 13.0. The number of nitrogens with one attached hydrogen (secondary N) is 3. The van der Waals surface area contributed by atoms with Gasteiger partial charge in [0.1, 0.15) is 4.21 Å². The molecule has 0 saturated heterocycles. The molecule has 0 spiro atoms. The Balaban J connectivity index is 1.72. The summed E-state index contributed by atoms with van der Waals surface area (Å²) in [6.07, 6.45) is 0. The lowest BCUT2D eigenvalue weighted by atomic mass is 10.2. The van der Waals surface area contributed by atoms with Crippen LogP contribution in [0.3, 0.4) is 0 Å². The van der Waals surface area contributed by atoms with Crippen LogP contribution in [-0.2, 0) is 16.6 Å². The van der Waals surface area contributed by atoms with E-state index in [9.17, 15) is 13.2 Å². The number of rotatable bonds is 5. The molecule has 3 N–H and O–H groups in total. The number of H-pyrrole nitrogens is 1. The third-order valence-electron chi connectivity index (χ3n) is 3.28. The molecule has 0 unspecified atom stereocenters. The molecule has 1 aromatic carbocycles. The van der Waals surface area contributed by atoms with Crippen molar-refractivity contribution in [2.45, 2.75) is 10.8 Å². The highest BCUT2D eigenvalue weighted by Crippen LogP contribution is 2.21. The summed E-state index contributed by atoms with van der Waals surface area (Å²) in [6.45, 7) is 0.240. The number of nitrogens with zero attached hydrogens (tertiary/aromatic N) is 1. The number of amides is 1. The van der Waals surface area contributed by atoms with E-state index in [0.29, 0.717) is 5.69 Å². The van der Waals surface area contributed by atoms with Crippen molar-refractivity contribution in [1.29, 1.82) is 0 Å². The van der Waals surface area contributed by atoms with E-state index in [1.54, 1.807) is 6.07 Å². The Morgan fingerprint density at radius 2 is 2.04 bits per heavy atom. The highest BCUT2D eigenvalue weighted by atomic mass is 32.2. The van der Waals surface area contributed by atoms with E-state index in [1.165, 1.54) is 13.1 Å². The fourth-order valence-electron chi connectivity index (χ4n) is 2.09. The van der Waals surface area contributed by atoms with Gasteiger partial charge < -0.3 is 5.32 Å². The van der Waals surface area contributed by atoms with Crippen molar-refractivity contribution in [3.8, 4) is 0 Å². The maximum Gasteiger partial charge on any atom is 0.272 e. The molecule has 0 bridgehead atoms. The molecule has 120 valence electrons. The topological polar surface area (TPSA) is 104 Å². The first-order valence-electron chi connectivity index (χ1n) is 6.75. The first-order valence-corrected chi connectivity index (χ1v) is 9.05. The predicted molar refractivity (Wildman–Crippen MR) is 87.8 cm³/mol. The molecule has 0 fully saturated rings. The van der Waals surface area contributed by atoms with Crippen LogP contribution in [0.1, 0.15) is 15.4 Å². The number of thiophene rings is 1. The Hall–Kier alpha value is -2.23. The zero-order valence-corrected chi connectivity index (χ0v) is 13.8. The van der Waals surface area contributed by atoms with Crippen LogP contribution in [0, 0.1) is 0 Å². The van der Waals surface area contributed by atoms with E-state index in [4.69, 9.17) is 0 Å². The molecule has 3 rings (SSSR count). The summed E-state index contributed by atoms with van der Waals surface area (Å²) in [6, 6.07) is 10.5. The molecule has 2 aromatic heterocycles. The van der Waals surface area contributed by atoms with Gasteiger partial charge in [0.05, 0.1) is 12.1 Å². The van der Waals surface area contributed by atoms with Gasteiger partial charge in [0.25, 0.3) is 5.91 Å². The second-order valence-corrected chi connectivity index (χ2v) is 8.01. The van der Waals surface area contributed by atoms with Crippen molar-refractivity contribution in [1.82, 2.24) is 20.2 Å². The fourth-order valence-corrected chi connectivity index (χ4v) is 4.22. The Labute approximate surface area is 136 Å².